The van der Waals surface area contributed by atoms with Crippen LogP contribution in [0.25, 0.3) is 0 Å². The Labute approximate surface area is 149 Å². The summed E-state index contributed by atoms with van der Waals surface area (Å²) in [5.74, 6) is -1.58. The average Bonchev–Trinajstić information content (AvgIpc) is 2.53. The summed E-state index contributed by atoms with van der Waals surface area (Å²) in [6, 6.07) is 6.43. The van der Waals surface area contributed by atoms with Crippen LogP contribution in [0.1, 0.15) is 26.7 Å². The lowest BCUT2D eigenvalue weighted by atomic mass is 10.2. The molecule has 7 nitrogen and oxygen atoms in total. The molecule has 0 aromatic heterocycles. The van der Waals surface area contributed by atoms with Gasteiger partial charge >= 0.3 is 0 Å². The average molecular weight is 351 g/mol. The zero-order valence-corrected chi connectivity index (χ0v) is 15.5. The third-order valence-electron chi connectivity index (χ3n) is 3.63. The first-order chi connectivity index (χ1) is 11.8. The maximum Gasteiger partial charge on any atom is 0.230 e. The molecule has 0 radical (unpaired) electrons. The standard InChI is InChI=1S/C18H29N3O4/c1-13(2)25-11-5-10-19-16(18(23)24)12-17(22)20-14-6-8-15(9-7-14)21(3)4/h6-9,13,16,19H,5,10-12H2,1-4H3,(H,20,22)(H,23,24)/t16-/m0/s1. The molecule has 7 heteroatoms. The van der Waals surface area contributed by atoms with Crippen molar-refractivity contribution in [1.82, 2.24) is 0 Å². The van der Waals surface area contributed by atoms with Crippen molar-refractivity contribution >= 4 is 23.3 Å². The highest BCUT2D eigenvalue weighted by Gasteiger charge is 2.18. The quantitative estimate of drug-likeness (QED) is 0.528. The molecule has 0 aliphatic heterocycles. The van der Waals surface area contributed by atoms with Gasteiger partial charge in [0.1, 0.15) is 6.04 Å². The van der Waals surface area contributed by atoms with Gasteiger partial charge < -0.3 is 30.2 Å². The van der Waals surface area contributed by atoms with E-state index in [1.807, 2.05) is 45.0 Å². The fourth-order valence-corrected chi connectivity index (χ4v) is 2.24. The molecule has 25 heavy (non-hydrogen) atoms. The van der Waals surface area contributed by atoms with Crippen LogP contribution < -0.4 is 20.6 Å². The Morgan fingerprint density at radius 1 is 1.24 bits per heavy atom. The largest absolute Gasteiger partial charge is 0.544 e. The topological polar surface area (TPSA) is 98.3 Å². The summed E-state index contributed by atoms with van der Waals surface area (Å²) < 4.78 is 5.40. The van der Waals surface area contributed by atoms with Gasteiger partial charge in [-0.15, -0.1) is 0 Å². The number of ether oxygens (including phenoxy) is 1. The minimum atomic E-state index is -1.23. The second-order valence-corrected chi connectivity index (χ2v) is 6.42. The minimum Gasteiger partial charge on any atom is -0.544 e. The van der Waals surface area contributed by atoms with Gasteiger partial charge in [0.15, 0.2) is 0 Å². The lowest BCUT2D eigenvalue weighted by molar-refractivity contribution is -0.682. The molecular formula is C18H29N3O4. The Kier molecular flexibility index (Phi) is 8.94. The van der Waals surface area contributed by atoms with Crippen LogP contribution in [0, 0.1) is 0 Å². The van der Waals surface area contributed by atoms with Gasteiger partial charge in [0.2, 0.25) is 5.91 Å². The first kappa shape index (κ1) is 20.9. The van der Waals surface area contributed by atoms with Crippen LogP contribution in [0.4, 0.5) is 11.4 Å². The van der Waals surface area contributed by atoms with E-state index in [0.29, 0.717) is 18.8 Å². The Morgan fingerprint density at radius 2 is 1.88 bits per heavy atom. The van der Waals surface area contributed by atoms with E-state index in [0.717, 1.165) is 12.1 Å². The van der Waals surface area contributed by atoms with E-state index in [1.54, 1.807) is 17.4 Å². The number of benzene rings is 1. The summed E-state index contributed by atoms with van der Waals surface area (Å²) in [5.41, 5.74) is 1.65. The fourth-order valence-electron chi connectivity index (χ4n) is 2.24. The summed E-state index contributed by atoms with van der Waals surface area (Å²) in [4.78, 5) is 25.2. The van der Waals surface area contributed by atoms with Gasteiger partial charge in [-0.05, 0) is 38.1 Å². The number of anilines is 2. The van der Waals surface area contributed by atoms with Crippen LogP contribution in [0.2, 0.25) is 0 Å². The van der Waals surface area contributed by atoms with Gasteiger partial charge in [0.05, 0.1) is 31.6 Å². The number of nitrogens with one attached hydrogen (secondary N) is 1. The number of hydrogen-bond donors (Lipinski definition) is 2. The van der Waals surface area contributed by atoms with Crippen molar-refractivity contribution in [2.75, 3.05) is 37.5 Å². The molecule has 0 saturated heterocycles. The molecule has 0 spiro atoms. The molecule has 3 N–H and O–H groups in total. The number of quaternary nitrogens is 1. The fraction of sp³-hybridized carbons (Fsp3) is 0.556. The highest BCUT2D eigenvalue weighted by molar-refractivity contribution is 5.93. The minimum absolute atomic E-state index is 0.136. The molecule has 1 aromatic carbocycles. The number of nitrogens with zero attached hydrogens (tertiary/aromatic N) is 1. The van der Waals surface area contributed by atoms with E-state index >= 15 is 0 Å². The van der Waals surface area contributed by atoms with Gasteiger partial charge in [0, 0.05) is 31.9 Å². The van der Waals surface area contributed by atoms with Gasteiger partial charge in [-0.1, -0.05) is 0 Å². The predicted octanol–water partition coefficient (Wildman–Crippen LogP) is -0.422. The third-order valence-corrected chi connectivity index (χ3v) is 3.63. The maximum absolute atomic E-state index is 12.1. The van der Waals surface area contributed by atoms with Gasteiger partial charge in [-0.3, -0.25) is 4.79 Å². The van der Waals surface area contributed by atoms with Crippen molar-refractivity contribution in [3.8, 4) is 0 Å². The third kappa shape index (κ3) is 8.51. The Balaban J connectivity index is 2.43. The summed E-state index contributed by atoms with van der Waals surface area (Å²) in [6.45, 7) is 5.03. The molecule has 0 aliphatic rings. The van der Waals surface area contributed by atoms with Crippen LogP contribution in [0.15, 0.2) is 24.3 Å². The summed E-state index contributed by atoms with van der Waals surface area (Å²) >= 11 is 0. The molecule has 0 saturated carbocycles. The van der Waals surface area contributed by atoms with Crippen molar-refractivity contribution in [3.05, 3.63) is 24.3 Å². The van der Waals surface area contributed by atoms with Crippen LogP contribution in [-0.2, 0) is 14.3 Å². The monoisotopic (exact) mass is 351 g/mol. The predicted molar refractivity (Wildman–Crippen MR) is 95.3 cm³/mol. The number of amides is 1. The zero-order chi connectivity index (χ0) is 18.8. The highest BCUT2D eigenvalue weighted by atomic mass is 16.5. The Morgan fingerprint density at radius 3 is 2.40 bits per heavy atom. The SMILES string of the molecule is CC(C)OCCC[NH2+][C@@H](CC(=O)Nc1ccc(N(C)C)cc1)C(=O)[O-]. The van der Waals surface area contributed by atoms with Crippen molar-refractivity contribution in [2.24, 2.45) is 0 Å². The van der Waals surface area contributed by atoms with Crippen molar-refractivity contribution in [3.63, 3.8) is 0 Å². The maximum atomic E-state index is 12.1. The van der Waals surface area contributed by atoms with E-state index in [-0.39, 0.29) is 18.4 Å². The van der Waals surface area contributed by atoms with Crippen LogP contribution >= 0.6 is 0 Å². The number of carboxylic acids is 1. The number of rotatable bonds is 11. The van der Waals surface area contributed by atoms with Crippen LogP contribution in [-0.4, -0.2) is 51.3 Å². The van der Waals surface area contributed by atoms with E-state index in [9.17, 15) is 14.7 Å². The first-order valence-corrected chi connectivity index (χ1v) is 8.52. The summed E-state index contributed by atoms with van der Waals surface area (Å²) in [6.07, 6.45) is 0.736. The number of hydrogen-bond acceptors (Lipinski definition) is 5. The van der Waals surface area contributed by atoms with E-state index in [4.69, 9.17) is 4.74 Å². The lowest BCUT2D eigenvalue weighted by Crippen LogP contribution is -2.93. The molecule has 1 atom stereocenters. The molecular weight excluding hydrogens is 322 g/mol. The molecule has 140 valence electrons. The number of nitrogens with two attached hydrogens (primary N) is 1. The molecule has 1 rings (SSSR count). The summed E-state index contributed by atoms with van der Waals surface area (Å²) in [5, 5.41) is 15.6. The van der Waals surface area contributed by atoms with E-state index in [2.05, 4.69) is 5.32 Å². The van der Waals surface area contributed by atoms with E-state index in [1.165, 1.54) is 0 Å². The highest BCUT2D eigenvalue weighted by Crippen LogP contribution is 2.15. The number of carbonyl (C=O) groups is 2. The van der Waals surface area contributed by atoms with Crippen LogP contribution in [0.5, 0.6) is 0 Å². The number of carbonyl (C=O) groups excluding carboxylic acids is 2. The van der Waals surface area contributed by atoms with Gasteiger partial charge in [-0.2, -0.15) is 0 Å². The first-order valence-electron chi connectivity index (χ1n) is 8.52. The van der Waals surface area contributed by atoms with Crippen molar-refractivity contribution in [1.29, 1.82) is 0 Å². The molecule has 1 aromatic rings. The van der Waals surface area contributed by atoms with Crippen LogP contribution in [0.3, 0.4) is 0 Å². The van der Waals surface area contributed by atoms with Gasteiger partial charge in [0.25, 0.3) is 0 Å². The second-order valence-electron chi connectivity index (χ2n) is 6.42. The molecule has 0 bridgehead atoms. The van der Waals surface area contributed by atoms with Crippen molar-refractivity contribution < 1.29 is 24.7 Å². The normalized spacial score (nSPS) is 12.0. The number of aliphatic carboxylic acids is 1. The molecule has 0 aliphatic carbocycles. The molecule has 0 unspecified atom stereocenters. The smallest absolute Gasteiger partial charge is 0.230 e. The summed E-state index contributed by atoms with van der Waals surface area (Å²) in [7, 11) is 3.86. The Bertz CT molecular complexity index is 544. The molecule has 1 amide bonds. The molecule has 0 heterocycles. The second kappa shape index (κ2) is 10.7. The Hall–Kier alpha value is -2.12. The molecule has 0 fully saturated rings. The number of carboxylic acid groups (broad SMARTS) is 1. The zero-order valence-electron chi connectivity index (χ0n) is 15.5. The lowest BCUT2D eigenvalue weighted by Gasteiger charge is -2.17. The van der Waals surface area contributed by atoms with E-state index < -0.39 is 12.0 Å². The van der Waals surface area contributed by atoms with Crippen molar-refractivity contribution in [2.45, 2.75) is 38.8 Å². The van der Waals surface area contributed by atoms with Gasteiger partial charge in [-0.25, -0.2) is 0 Å².